The Kier molecular flexibility index (Phi) is 0.611. The molecule has 7 atom stereocenters. The van der Waals surface area contributed by atoms with Gasteiger partial charge in [-0.05, 0) is 53.8 Å². The summed E-state index contributed by atoms with van der Waals surface area (Å²) in [5.41, 5.74) is 0.872. The van der Waals surface area contributed by atoms with Gasteiger partial charge in [0.05, 0.1) is 0 Å². The minimum atomic E-state index is 0.872. The number of fused-ring (bicyclic) bond motifs is 4. The third-order valence-electron chi connectivity index (χ3n) is 5.60. The predicted molar refractivity (Wildman–Crippen MR) is 44.0 cm³/mol. The summed E-state index contributed by atoms with van der Waals surface area (Å²) in [6.45, 7) is 5.05. The molecule has 4 fully saturated rings. The molecule has 0 aliphatic heterocycles. The van der Waals surface area contributed by atoms with Crippen LogP contribution in [0.2, 0.25) is 0 Å². The molecule has 4 aliphatic carbocycles. The first-order chi connectivity index (χ1) is 5.23. The zero-order chi connectivity index (χ0) is 7.38. The second-order valence-corrected chi connectivity index (χ2v) is 5.87. The van der Waals surface area contributed by atoms with Crippen LogP contribution in [0, 0.1) is 40.9 Å². The molecule has 0 nitrogen and oxygen atoms in total. The Labute approximate surface area is 68.4 Å². The Morgan fingerprint density at radius 1 is 1.09 bits per heavy atom. The van der Waals surface area contributed by atoms with Crippen molar-refractivity contribution >= 4 is 0 Å². The SMILES string of the molecule is CC1CC2C3C1C3C1CC21C. The fourth-order valence-corrected chi connectivity index (χ4v) is 5.06. The molecule has 0 radical (unpaired) electrons. The van der Waals surface area contributed by atoms with Gasteiger partial charge in [-0.3, -0.25) is 0 Å². The third-order valence-corrected chi connectivity index (χ3v) is 5.60. The Morgan fingerprint density at radius 2 is 1.82 bits per heavy atom. The van der Waals surface area contributed by atoms with E-state index in [1.165, 1.54) is 29.6 Å². The predicted octanol–water partition coefficient (Wildman–Crippen LogP) is 2.54. The van der Waals surface area contributed by atoms with Gasteiger partial charge in [0.25, 0.3) is 0 Å². The van der Waals surface area contributed by atoms with E-state index in [2.05, 4.69) is 13.8 Å². The van der Waals surface area contributed by atoms with Gasteiger partial charge in [-0.1, -0.05) is 13.8 Å². The van der Waals surface area contributed by atoms with Crippen molar-refractivity contribution in [3.63, 3.8) is 0 Å². The van der Waals surface area contributed by atoms with Crippen molar-refractivity contribution in [1.82, 2.24) is 0 Å². The van der Waals surface area contributed by atoms with E-state index >= 15 is 0 Å². The van der Waals surface area contributed by atoms with E-state index in [9.17, 15) is 0 Å². The molecule has 0 spiro atoms. The van der Waals surface area contributed by atoms with Crippen molar-refractivity contribution in [2.24, 2.45) is 40.9 Å². The average Bonchev–Trinajstić information content (AvgIpc) is 2.74. The maximum Gasteiger partial charge on any atom is -0.0260 e. The van der Waals surface area contributed by atoms with Gasteiger partial charge in [0.1, 0.15) is 0 Å². The summed E-state index contributed by atoms with van der Waals surface area (Å²) in [6, 6.07) is 0. The van der Waals surface area contributed by atoms with Crippen molar-refractivity contribution in [2.45, 2.75) is 26.7 Å². The molecule has 0 aromatic rings. The summed E-state index contributed by atoms with van der Waals surface area (Å²) in [5, 5.41) is 0. The molecule has 4 aliphatic rings. The number of hydrogen-bond acceptors (Lipinski definition) is 0. The molecule has 0 heterocycles. The molecule has 0 amide bonds. The molecular weight excluding hydrogens is 132 g/mol. The van der Waals surface area contributed by atoms with Crippen molar-refractivity contribution in [3.8, 4) is 0 Å². The molecule has 7 unspecified atom stereocenters. The fourth-order valence-electron chi connectivity index (χ4n) is 5.06. The minimum Gasteiger partial charge on any atom is -0.0622 e. The van der Waals surface area contributed by atoms with E-state index in [1.54, 1.807) is 12.8 Å². The van der Waals surface area contributed by atoms with Gasteiger partial charge < -0.3 is 0 Å². The first-order valence-corrected chi connectivity index (χ1v) is 5.23. The van der Waals surface area contributed by atoms with Crippen LogP contribution < -0.4 is 0 Å². The van der Waals surface area contributed by atoms with Crippen LogP contribution in [0.25, 0.3) is 0 Å². The van der Waals surface area contributed by atoms with Gasteiger partial charge in [0, 0.05) is 0 Å². The van der Waals surface area contributed by atoms with E-state index in [0.717, 1.165) is 11.3 Å². The molecule has 4 rings (SSSR count). The number of rotatable bonds is 0. The monoisotopic (exact) mass is 148 g/mol. The highest BCUT2D eigenvalue weighted by Gasteiger charge is 2.81. The lowest BCUT2D eigenvalue weighted by molar-refractivity contribution is 0.321. The maximum atomic E-state index is 2.56. The smallest absolute Gasteiger partial charge is 0.0260 e. The van der Waals surface area contributed by atoms with Gasteiger partial charge >= 0.3 is 0 Å². The Balaban J connectivity index is 1.84. The van der Waals surface area contributed by atoms with E-state index in [4.69, 9.17) is 0 Å². The molecule has 0 heteroatoms. The summed E-state index contributed by atoms with van der Waals surface area (Å²) >= 11 is 0. The minimum absolute atomic E-state index is 0.872. The largest absolute Gasteiger partial charge is 0.0622 e. The first-order valence-electron chi connectivity index (χ1n) is 5.23. The average molecular weight is 148 g/mol. The van der Waals surface area contributed by atoms with Crippen LogP contribution in [0.3, 0.4) is 0 Å². The van der Waals surface area contributed by atoms with Gasteiger partial charge in [0.15, 0.2) is 0 Å². The highest BCUT2D eigenvalue weighted by atomic mass is 14.9. The standard InChI is InChI=1S/C11H16/c1-5-3-6-9-8(5)10(9)7-4-11(6,7)2/h5-10H,3-4H2,1-2H3. The van der Waals surface area contributed by atoms with Crippen molar-refractivity contribution in [1.29, 1.82) is 0 Å². The highest BCUT2D eigenvalue weighted by molar-refractivity contribution is 5.29. The molecule has 4 saturated carbocycles. The molecule has 0 N–H and O–H groups in total. The molecule has 0 bridgehead atoms. The van der Waals surface area contributed by atoms with Crippen LogP contribution in [0.5, 0.6) is 0 Å². The van der Waals surface area contributed by atoms with E-state index in [0.29, 0.717) is 0 Å². The quantitative estimate of drug-likeness (QED) is 0.495. The molecule has 0 saturated heterocycles. The van der Waals surface area contributed by atoms with E-state index in [-0.39, 0.29) is 0 Å². The Morgan fingerprint density at radius 3 is 2.45 bits per heavy atom. The van der Waals surface area contributed by atoms with Crippen LogP contribution in [0.1, 0.15) is 26.7 Å². The third kappa shape index (κ3) is 0.381. The van der Waals surface area contributed by atoms with E-state index in [1.807, 2.05) is 0 Å². The van der Waals surface area contributed by atoms with Gasteiger partial charge in [-0.25, -0.2) is 0 Å². The van der Waals surface area contributed by atoms with E-state index < -0.39 is 0 Å². The molecule has 11 heavy (non-hydrogen) atoms. The van der Waals surface area contributed by atoms with Crippen molar-refractivity contribution < 1.29 is 0 Å². The van der Waals surface area contributed by atoms with Crippen LogP contribution in [-0.2, 0) is 0 Å². The Hall–Kier alpha value is 0. The van der Waals surface area contributed by atoms with Crippen LogP contribution in [0.4, 0.5) is 0 Å². The highest BCUT2D eigenvalue weighted by Crippen LogP contribution is 2.86. The second-order valence-electron chi connectivity index (χ2n) is 5.87. The maximum absolute atomic E-state index is 2.56. The second kappa shape index (κ2) is 1.20. The normalized spacial score (nSPS) is 81.3. The molecule has 0 aromatic carbocycles. The van der Waals surface area contributed by atoms with Gasteiger partial charge in [-0.2, -0.15) is 0 Å². The van der Waals surface area contributed by atoms with Gasteiger partial charge in [-0.15, -0.1) is 0 Å². The van der Waals surface area contributed by atoms with Gasteiger partial charge in [0.2, 0.25) is 0 Å². The summed E-state index contributed by atoms with van der Waals surface area (Å²) in [7, 11) is 0. The summed E-state index contributed by atoms with van der Waals surface area (Å²) in [4.78, 5) is 0. The van der Waals surface area contributed by atoms with Crippen LogP contribution in [-0.4, -0.2) is 0 Å². The number of hydrogen-bond donors (Lipinski definition) is 0. The lowest BCUT2D eigenvalue weighted by Gasteiger charge is -2.16. The lowest BCUT2D eigenvalue weighted by Crippen LogP contribution is -2.10. The van der Waals surface area contributed by atoms with Crippen molar-refractivity contribution in [2.75, 3.05) is 0 Å². The zero-order valence-electron chi connectivity index (χ0n) is 7.38. The molecule has 0 aromatic heterocycles. The fraction of sp³-hybridized carbons (Fsp3) is 1.00. The summed E-state index contributed by atoms with van der Waals surface area (Å²) in [5.74, 6) is 7.15. The van der Waals surface area contributed by atoms with Crippen LogP contribution in [0.15, 0.2) is 0 Å². The summed E-state index contributed by atoms with van der Waals surface area (Å²) < 4.78 is 0. The molecular formula is C11H16. The zero-order valence-corrected chi connectivity index (χ0v) is 7.38. The van der Waals surface area contributed by atoms with Crippen LogP contribution >= 0.6 is 0 Å². The lowest BCUT2D eigenvalue weighted by atomic mass is 9.88. The summed E-state index contributed by atoms with van der Waals surface area (Å²) in [6.07, 6.45) is 3.18. The first kappa shape index (κ1) is 5.61. The Bertz CT molecular complexity index is 238. The van der Waals surface area contributed by atoms with Crippen molar-refractivity contribution in [3.05, 3.63) is 0 Å². The topological polar surface area (TPSA) is 0 Å². The molecule has 60 valence electrons.